The number of para-hydroxylation sites is 1. The van der Waals surface area contributed by atoms with Crippen molar-refractivity contribution in [1.82, 2.24) is 0 Å². The molecule has 10 rings (SSSR count). The summed E-state index contributed by atoms with van der Waals surface area (Å²) in [4.78, 5) is 2.30. The zero-order valence-electron chi connectivity index (χ0n) is 24.6. The first kappa shape index (κ1) is 25.5. The van der Waals surface area contributed by atoms with Crippen molar-refractivity contribution in [2.45, 2.75) is 0 Å². The van der Waals surface area contributed by atoms with Crippen LogP contribution in [0.2, 0.25) is 0 Å². The molecule has 0 fully saturated rings. The van der Waals surface area contributed by atoms with E-state index >= 15 is 0 Å². The summed E-state index contributed by atoms with van der Waals surface area (Å²) in [6.45, 7) is 0. The second-order valence-corrected chi connectivity index (χ2v) is 12.8. The molecule has 0 amide bonds. The molecule has 0 unspecified atom stereocenters. The molecule has 46 heavy (non-hydrogen) atoms. The van der Waals surface area contributed by atoms with Gasteiger partial charge in [-0.25, -0.2) is 0 Å². The molecular formula is C42H25NO2S. The van der Waals surface area contributed by atoms with E-state index in [0.717, 1.165) is 60.9 Å². The fourth-order valence-electron chi connectivity index (χ4n) is 6.90. The van der Waals surface area contributed by atoms with Crippen LogP contribution in [-0.2, 0) is 0 Å². The quantitative estimate of drug-likeness (QED) is 0.199. The van der Waals surface area contributed by atoms with E-state index in [4.69, 9.17) is 8.83 Å². The van der Waals surface area contributed by atoms with Crippen LogP contribution in [0.1, 0.15) is 0 Å². The SMILES string of the molecule is c1ccc(-c2ccc(N(c3ccc4c(c3)oc3c4ccc4sc5ccccc5c43)c3ccc4oc5ccccc5c4c3)cc2)cc1. The number of rotatable bonds is 4. The van der Waals surface area contributed by atoms with Gasteiger partial charge in [-0.1, -0.05) is 78.9 Å². The van der Waals surface area contributed by atoms with E-state index in [-0.39, 0.29) is 0 Å². The Morgan fingerprint density at radius 3 is 1.93 bits per heavy atom. The van der Waals surface area contributed by atoms with Gasteiger partial charge in [-0.05, 0) is 77.9 Å². The van der Waals surface area contributed by atoms with Crippen LogP contribution in [0.3, 0.4) is 0 Å². The third-order valence-corrected chi connectivity index (χ3v) is 10.2. The van der Waals surface area contributed by atoms with Crippen molar-refractivity contribution in [3.05, 3.63) is 152 Å². The zero-order valence-corrected chi connectivity index (χ0v) is 25.4. The van der Waals surface area contributed by atoms with Gasteiger partial charge in [0.25, 0.3) is 0 Å². The molecule has 0 atom stereocenters. The van der Waals surface area contributed by atoms with Gasteiger partial charge in [-0.2, -0.15) is 0 Å². The molecule has 7 aromatic carbocycles. The van der Waals surface area contributed by atoms with Crippen LogP contribution < -0.4 is 4.90 Å². The van der Waals surface area contributed by atoms with Gasteiger partial charge in [0.05, 0.1) is 0 Å². The van der Waals surface area contributed by atoms with Crippen LogP contribution in [0.4, 0.5) is 17.1 Å². The molecule has 4 heteroatoms. The van der Waals surface area contributed by atoms with E-state index < -0.39 is 0 Å². The molecule has 216 valence electrons. The van der Waals surface area contributed by atoms with Crippen molar-refractivity contribution in [3.8, 4) is 11.1 Å². The molecular weight excluding hydrogens is 583 g/mol. The molecule has 3 aromatic heterocycles. The molecule has 0 bridgehead atoms. The number of nitrogens with zero attached hydrogens (tertiary/aromatic N) is 1. The van der Waals surface area contributed by atoms with Crippen molar-refractivity contribution in [1.29, 1.82) is 0 Å². The topological polar surface area (TPSA) is 29.5 Å². The van der Waals surface area contributed by atoms with Gasteiger partial charge in [0.2, 0.25) is 0 Å². The lowest BCUT2D eigenvalue weighted by Crippen LogP contribution is -2.09. The van der Waals surface area contributed by atoms with Crippen LogP contribution in [0.5, 0.6) is 0 Å². The number of anilines is 3. The van der Waals surface area contributed by atoms with Crippen LogP contribution in [0.25, 0.3) is 75.2 Å². The highest BCUT2D eigenvalue weighted by atomic mass is 32.1. The average molecular weight is 608 g/mol. The van der Waals surface area contributed by atoms with Gasteiger partial charge in [0.15, 0.2) is 0 Å². The summed E-state index contributed by atoms with van der Waals surface area (Å²) in [6, 6.07) is 53.6. The minimum Gasteiger partial charge on any atom is -0.456 e. The molecule has 3 nitrogen and oxygen atoms in total. The van der Waals surface area contributed by atoms with Crippen LogP contribution >= 0.6 is 11.3 Å². The molecule has 0 aliphatic heterocycles. The number of furan rings is 2. The summed E-state index contributed by atoms with van der Waals surface area (Å²) >= 11 is 1.81. The maximum atomic E-state index is 6.75. The Balaban J connectivity index is 1.18. The average Bonchev–Trinajstić information content (AvgIpc) is 3.80. The van der Waals surface area contributed by atoms with Crippen LogP contribution in [0.15, 0.2) is 160 Å². The third kappa shape index (κ3) is 3.84. The van der Waals surface area contributed by atoms with Gasteiger partial charge in [-0.15, -0.1) is 11.3 Å². The molecule has 0 spiro atoms. The number of benzene rings is 7. The second kappa shape index (κ2) is 9.83. The molecule has 0 N–H and O–H groups in total. The standard InChI is InChI=1S/C42H25NO2S/c1-2-8-26(9-3-1)27-14-16-28(17-15-27)43(29-19-22-37-35(24-29)31-10-4-6-12-36(31)44-37)30-18-20-32-33-21-23-40-41(42(33)45-38(32)25-30)34-11-5-7-13-39(34)46-40/h1-25H. The first-order chi connectivity index (χ1) is 22.8. The van der Waals surface area contributed by atoms with Crippen LogP contribution in [-0.4, -0.2) is 0 Å². The van der Waals surface area contributed by atoms with Crippen molar-refractivity contribution in [2.75, 3.05) is 4.90 Å². The van der Waals surface area contributed by atoms with Gasteiger partial charge >= 0.3 is 0 Å². The summed E-state index contributed by atoms with van der Waals surface area (Å²) in [6.07, 6.45) is 0. The predicted molar refractivity (Wildman–Crippen MR) is 194 cm³/mol. The molecule has 0 radical (unpaired) electrons. The van der Waals surface area contributed by atoms with E-state index in [1.54, 1.807) is 0 Å². The van der Waals surface area contributed by atoms with Crippen molar-refractivity contribution in [3.63, 3.8) is 0 Å². The first-order valence-corrected chi connectivity index (χ1v) is 16.2. The van der Waals surface area contributed by atoms with Gasteiger partial charge in [0, 0.05) is 64.8 Å². The molecule has 3 heterocycles. The summed E-state index contributed by atoms with van der Waals surface area (Å²) in [5, 5.41) is 6.90. The summed E-state index contributed by atoms with van der Waals surface area (Å²) in [7, 11) is 0. The molecule has 10 aromatic rings. The van der Waals surface area contributed by atoms with Crippen molar-refractivity contribution >= 4 is 92.4 Å². The van der Waals surface area contributed by atoms with E-state index in [9.17, 15) is 0 Å². The minimum absolute atomic E-state index is 0.871. The van der Waals surface area contributed by atoms with Gasteiger partial charge < -0.3 is 13.7 Å². The highest BCUT2D eigenvalue weighted by molar-refractivity contribution is 7.26. The molecule has 0 aliphatic carbocycles. The lowest BCUT2D eigenvalue weighted by Gasteiger charge is -2.25. The highest BCUT2D eigenvalue weighted by Crippen LogP contribution is 2.44. The number of hydrogen-bond donors (Lipinski definition) is 0. The minimum atomic E-state index is 0.871. The lowest BCUT2D eigenvalue weighted by molar-refractivity contribution is 0.669. The number of thiophene rings is 1. The lowest BCUT2D eigenvalue weighted by atomic mass is 10.0. The predicted octanol–water partition coefficient (Wildman–Crippen LogP) is 13.0. The normalized spacial score (nSPS) is 11.9. The van der Waals surface area contributed by atoms with E-state index in [1.165, 1.54) is 31.3 Å². The summed E-state index contributed by atoms with van der Waals surface area (Å²) in [5.74, 6) is 0. The van der Waals surface area contributed by atoms with E-state index in [0.29, 0.717) is 0 Å². The van der Waals surface area contributed by atoms with Crippen LogP contribution in [0, 0.1) is 0 Å². The summed E-state index contributed by atoms with van der Waals surface area (Å²) in [5.41, 5.74) is 9.11. The van der Waals surface area contributed by atoms with Gasteiger partial charge in [-0.3, -0.25) is 0 Å². The fraction of sp³-hybridized carbons (Fsp3) is 0. The smallest absolute Gasteiger partial charge is 0.144 e. The van der Waals surface area contributed by atoms with Crippen molar-refractivity contribution < 1.29 is 8.83 Å². The largest absolute Gasteiger partial charge is 0.456 e. The molecule has 0 saturated heterocycles. The third-order valence-electron chi connectivity index (χ3n) is 9.07. The van der Waals surface area contributed by atoms with E-state index in [1.807, 2.05) is 23.5 Å². The van der Waals surface area contributed by atoms with Gasteiger partial charge in [0.1, 0.15) is 22.3 Å². The molecule has 0 saturated carbocycles. The Labute approximate surface area is 268 Å². The Morgan fingerprint density at radius 1 is 0.391 bits per heavy atom. The maximum Gasteiger partial charge on any atom is 0.144 e. The van der Waals surface area contributed by atoms with E-state index in [2.05, 4.69) is 144 Å². The fourth-order valence-corrected chi connectivity index (χ4v) is 8.01. The first-order valence-electron chi connectivity index (χ1n) is 15.4. The number of hydrogen-bond acceptors (Lipinski definition) is 4. The van der Waals surface area contributed by atoms with Crippen molar-refractivity contribution in [2.24, 2.45) is 0 Å². The zero-order chi connectivity index (χ0) is 30.2. The number of fused-ring (bicyclic) bond motifs is 10. The Bertz CT molecular complexity index is 2750. The summed E-state index contributed by atoms with van der Waals surface area (Å²) < 4.78 is 15.5. The molecule has 0 aliphatic rings. The maximum absolute atomic E-state index is 6.75. The second-order valence-electron chi connectivity index (χ2n) is 11.7. The monoisotopic (exact) mass is 607 g/mol. The Kier molecular flexibility index (Phi) is 5.45. The Hall–Kier alpha value is -5.84. The highest BCUT2D eigenvalue weighted by Gasteiger charge is 2.19. The Morgan fingerprint density at radius 2 is 1.04 bits per heavy atom.